The number of phenolic OH excluding ortho intramolecular Hbond substituents is 2. The third-order valence-electron chi connectivity index (χ3n) is 5.40. The van der Waals surface area contributed by atoms with Crippen LogP contribution in [-0.2, 0) is 27.4 Å². The number of carboxylic acid groups (broad SMARTS) is 1. The molecule has 1 amide bonds. The molecule has 4 rings (SSSR count). The van der Waals surface area contributed by atoms with Crippen LogP contribution in [0.3, 0.4) is 0 Å². The maximum atomic E-state index is 12.7. The van der Waals surface area contributed by atoms with Crippen LogP contribution in [0.4, 0.5) is 17.1 Å². The highest BCUT2D eigenvalue weighted by Crippen LogP contribution is 2.28. The molecule has 0 aromatic heterocycles. The van der Waals surface area contributed by atoms with Crippen LogP contribution in [0.15, 0.2) is 89.8 Å². The van der Waals surface area contributed by atoms with Crippen LogP contribution in [0, 0.1) is 0 Å². The number of aromatic carboxylic acids is 1. The average Bonchev–Trinajstić information content (AvgIpc) is 2.97. The number of phenols is 2. The molecular weight excluding hydrogens is 556 g/mol. The molecule has 1 atom stereocenters. The van der Waals surface area contributed by atoms with Crippen molar-refractivity contribution >= 4 is 46.8 Å². The molecule has 0 fully saturated rings. The van der Waals surface area contributed by atoms with E-state index in [9.17, 15) is 29.1 Å². The van der Waals surface area contributed by atoms with Crippen molar-refractivity contribution in [2.45, 2.75) is 11.5 Å². The largest absolute Gasteiger partial charge is 0.508 e. The average molecular weight is 581 g/mol. The smallest absolute Gasteiger partial charge is 0.336 e. The number of aromatic hydroxyl groups is 2. The van der Waals surface area contributed by atoms with E-state index in [4.69, 9.17) is 14.2 Å². The Morgan fingerprint density at radius 3 is 2.05 bits per heavy atom. The minimum absolute atomic E-state index is 0.0319. The van der Waals surface area contributed by atoms with Gasteiger partial charge in [-0.15, -0.1) is 0 Å². The van der Waals surface area contributed by atoms with Crippen molar-refractivity contribution in [3.8, 4) is 17.2 Å². The first kappa shape index (κ1) is 30.3. The van der Waals surface area contributed by atoms with Crippen LogP contribution in [0.1, 0.15) is 26.3 Å². The first-order valence-electron chi connectivity index (χ1n) is 11.6. The Labute approximate surface area is 236 Å². The molecule has 41 heavy (non-hydrogen) atoms. The van der Waals surface area contributed by atoms with Gasteiger partial charge in [0.25, 0.3) is 5.91 Å². The van der Waals surface area contributed by atoms with E-state index < -0.39 is 23.0 Å². The number of amides is 1. The summed E-state index contributed by atoms with van der Waals surface area (Å²) >= 11 is -1.88. The van der Waals surface area contributed by atoms with Gasteiger partial charge in [0.2, 0.25) is 11.1 Å². The van der Waals surface area contributed by atoms with Gasteiger partial charge in [0.1, 0.15) is 30.6 Å². The number of anilines is 3. The number of hydrogen-bond acceptors (Lipinski definition) is 10. The molecule has 13 heteroatoms. The molecule has 0 radical (unpaired) electrons. The Bertz CT molecular complexity index is 1540. The van der Waals surface area contributed by atoms with Crippen molar-refractivity contribution in [2.75, 3.05) is 10.6 Å². The molecule has 0 spiro atoms. The zero-order chi connectivity index (χ0) is 29.9. The molecule has 0 saturated heterocycles. The molecule has 0 bridgehead atoms. The van der Waals surface area contributed by atoms with Crippen molar-refractivity contribution in [2.24, 2.45) is 0 Å². The predicted molar refractivity (Wildman–Crippen MR) is 149 cm³/mol. The molecule has 6 N–H and O–H groups in total. The van der Waals surface area contributed by atoms with Crippen LogP contribution in [0.2, 0.25) is 0 Å². The van der Waals surface area contributed by atoms with Gasteiger partial charge in [-0.3, -0.25) is 10.1 Å². The van der Waals surface area contributed by atoms with Crippen molar-refractivity contribution in [3.05, 3.63) is 102 Å². The zero-order valence-electron chi connectivity index (χ0n) is 21.1. The molecule has 12 nitrogen and oxygen atoms in total. The number of nitrogens with one attached hydrogen (secondary N) is 2. The van der Waals surface area contributed by atoms with Crippen LogP contribution >= 0.6 is 0 Å². The van der Waals surface area contributed by atoms with Gasteiger partial charge in [-0.2, -0.15) is 0 Å². The molecule has 0 saturated carbocycles. The van der Waals surface area contributed by atoms with Crippen molar-refractivity contribution in [1.82, 2.24) is 0 Å². The van der Waals surface area contributed by atoms with E-state index in [1.807, 2.05) is 6.79 Å². The lowest BCUT2D eigenvalue weighted by Gasteiger charge is -2.12. The van der Waals surface area contributed by atoms with Gasteiger partial charge < -0.3 is 34.9 Å². The van der Waals surface area contributed by atoms with E-state index in [-0.39, 0.29) is 29.2 Å². The number of carboxylic acids is 1. The fourth-order valence-electron chi connectivity index (χ4n) is 3.52. The van der Waals surface area contributed by atoms with Gasteiger partial charge in [-0.05, 0) is 72.8 Å². The summed E-state index contributed by atoms with van der Waals surface area (Å²) in [6, 6.07) is 20.4. The van der Waals surface area contributed by atoms with E-state index in [0.717, 1.165) is 12.1 Å². The maximum absolute atomic E-state index is 12.7. The first-order chi connectivity index (χ1) is 19.7. The molecule has 4 aromatic carbocycles. The minimum Gasteiger partial charge on any atom is -0.508 e. The van der Waals surface area contributed by atoms with Crippen LogP contribution in [0.25, 0.3) is 0 Å². The molecule has 4 aromatic rings. The molecule has 0 heterocycles. The second kappa shape index (κ2) is 14.2. The van der Waals surface area contributed by atoms with Crippen LogP contribution < -0.4 is 14.8 Å². The highest BCUT2D eigenvalue weighted by molar-refractivity contribution is 7.80. The van der Waals surface area contributed by atoms with Crippen LogP contribution in [-0.4, -0.2) is 43.5 Å². The molecular formula is C28H24N2O10S. The summed E-state index contributed by atoms with van der Waals surface area (Å²) in [6.07, 6.45) is 0. The zero-order valence-corrected chi connectivity index (χ0v) is 22.0. The number of rotatable bonds is 10. The van der Waals surface area contributed by atoms with Gasteiger partial charge in [0.05, 0.1) is 16.0 Å². The van der Waals surface area contributed by atoms with Gasteiger partial charge >= 0.3 is 5.97 Å². The van der Waals surface area contributed by atoms with Gasteiger partial charge in [0.15, 0.2) is 0 Å². The quantitative estimate of drug-likeness (QED) is 0.113. The summed E-state index contributed by atoms with van der Waals surface area (Å²) in [4.78, 5) is 36.4. The second-order valence-corrected chi connectivity index (χ2v) is 9.20. The Balaban J connectivity index is 0.00000226. The van der Waals surface area contributed by atoms with Crippen molar-refractivity contribution in [3.63, 3.8) is 0 Å². The molecule has 0 aliphatic carbocycles. The summed E-state index contributed by atoms with van der Waals surface area (Å²) in [5, 5.41) is 43.0. The molecule has 1 unspecified atom stereocenters. The van der Waals surface area contributed by atoms with E-state index in [1.54, 1.807) is 30.3 Å². The first-order valence-corrected chi connectivity index (χ1v) is 12.6. The molecule has 212 valence electrons. The number of carbonyl (C=O) groups is 3. The Hall–Kier alpha value is -5.24. The third kappa shape index (κ3) is 8.12. The monoisotopic (exact) mass is 580 g/mol. The molecule has 0 aliphatic rings. The van der Waals surface area contributed by atoms with E-state index >= 15 is 0 Å². The lowest BCUT2D eigenvalue weighted by atomic mass is 10.1. The molecule has 0 aliphatic heterocycles. The normalized spacial score (nSPS) is 11.0. The fourth-order valence-corrected chi connectivity index (χ4v) is 4.26. The van der Waals surface area contributed by atoms with E-state index in [0.29, 0.717) is 33.3 Å². The van der Waals surface area contributed by atoms with E-state index in [1.165, 1.54) is 42.5 Å². The number of benzene rings is 4. The highest BCUT2D eigenvalue weighted by atomic mass is 32.2. The van der Waals surface area contributed by atoms with Gasteiger partial charge in [-0.25, -0.2) is 13.9 Å². The van der Waals surface area contributed by atoms with Crippen molar-refractivity contribution < 1.29 is 48.2 Å². The Kier molecular flexibility index (Phi) is 10.5. The highest BCUT2D eigenvalue weighted by Gasteiger charge is 2.18. The van der Waals surface area contributed by atoms with Crippen molar-refractivity contribution in [1.29, 1.82) is 0 Å². The Morgan fingerprint density at radius 1 is 0.805 bits per heavy atom. The summed E-state index contributed by atoms with van der Waals surface area (Å²) in [7, 11) is 0. The Morgan fingerprint density at radius 2 is 1.41 bits per heavy atom. The van der Waals surface area contributed by atoms with Gasteiger partial charge in [-0.1, -0.05) is 6.07 Å². The SMILES string of the molecule is C=O.O=C(O)c1ccc(O)cc1C(=O)Nc1ccc(S(=O)Oc2ccc(Nc3cc(O)ccc3COO)cc2)cc1. The minimum atomic E-state index is -1.88. The topological polar surface area (TPSA) is 192 Å². The summed E-state index contributed by atoms with van der Waals surface area (Å²) < 4.78 is 18.2. The lowest BCUT2D eigenvalue weighted by Crippen LogP contribution is -2.16. The number of hydrogen-bond donors (Lipinski definition) is 6. The predicted octanol–water partition coefficient (Wildman–Crippen LogP) is 4.70. The van der Waals surface area contributed by atoms with Crippen LogP contribution in [0.5, 0.6) is 17.2 Å². The lowest BCUT2D eigenvalue weighted by molar-refractivity contribution is -0.252. The van der Waals surface area contributed by atoms with Gasteiger partial charge in [0, 0.05) is 28.7 Å². The third-order valence-corrected chi connectivity index (χ3v) is 6.40. The summed E-state index contributed by atoms with van der Waals surface area (Å²) in [5.41, 5.74) is 1.61. The second-order valence-electron chi connectivity index (χ2n) is 8.10. The van der Waals surface area contributed by atoms with E-state index in [2.05, 4.69) is 15.5 Å². The summed E-state index contributed by atoms with van der Waals surface area (Å²) in [5.74, 6) is -1.95. The maximum Gasteiger partial charge on any atom is 0.336 e. The standard InChI is InChI=1S/C27H22N2O9S.CH2O/c30-19-7-12-23(27(33)34)24(13-19)26(32)29-18-4-10-22(11-5-18)39(36)38-21-8-2-17(3-9-21)28-25-14-20(31)6-1-16(25)15-37-35;1-2/h1-14,28,30-31,35H,15H2,(H,29,32)(H,33,34);1H2. The number of carbonyl (C=O) groups excluding carboxylic acids is 2. The fraction of sp³-hybridized carbons (Fsp3) is 0.0357. The summed E-state index contributed by atoms with van der Waals surface area (Å²) in [6.45, 7) is 1.92.